The molecular formula is C5H2BrN4O2. The molecule has 1 radical (unpaired) electrons. The Balaban J connectivity index is 2.78. The van der Waals surface area contributed by atoms with Crippen LogP contribution in [-0.4, -0.2) is 14.7 Å². The lowest BCUT2D eigenvalue weighted by Gasteiger charge is -1.91. The van der Waals surface area contributed by atoms with Crippen LogP contribution in [0.5, 0.6) is 0 Å². The topological polar surface area (TPSA) is 92.2 Å². The van der Waals surface area contributed by atoms with Crippen molar-refractivity contribution >= 4 is 32.2 Å². The normalized spacial score (nSPS) is 13.6. The average molecular weight is 230 g/mol. The zero-order valence-electron chi connectivity index (χ0n) is 5.59. The highest BCUT2D eigenvalue weighted by molar-refractivity contribution is 9.18. The van der Waals surface area contributed by atoms with Gasteiger partial charge >= 0.3 is 5.69 Å². The fraction of sp³-hybridized carbons (Fsp3) is 0. The van der Waals surface area contributed by atoms with E-state index in [2.05, 4.69) is 31.2 Å². The number of H-pyrrole nitrogens is 2. The molecule has 61 valence electrons. The molecule has 1 aliphatic heterocycles. The van der Waals surface area contributed by atoms with Crippen molar-refractivity contribution in [2.24, 2.45) is 4.99 Å². The summed E-state index contributed by atoms with van der Waals surface area (Å²) in [5.41, 5.74) is -0.992. The third-order valence-electron chi connectivity index (χ3n) is 1.31. The molecule has 0 bridgehead atoms. The SMILES string of the molecule is O=c1[nH]c2c(c(=O)[nH]1)N=C(Br)[N]2. The third-order valence-corrected chi connectivity index (χ3v) is 1.66. The second kappa shape index (κ2) is 2.31. The molecule has 12 heavy (non-hydrogen) atoms. The summed E-state index contributed by atoms with van der Waals surface area (Å²) in [5, 5.41) is 3.76. The molecule has 0 fully saturated rings. The van der Waals surface area contributed by atoms with Crippen molar-refractivity contribution in [3.8, 4) is 0 Å². The maximum atomic E-state index is 11.0. The van der Waals surface area contributed by atoms with Gasteiger partial charge in [0, 0.05) is 0 Å². The number of nitrogens with zero attached hydrogens (tertiary/aromatic N) is 2. The maximum Gasteiger partial charge on any atom is 0.327 e. The van der Waals surface area contributed by atoms with E-state index in [-0.39, 0.29) is 16.3 Å². The van der Waals surface area contributed by atoms with Gasteiger partial charge in [0.15, 0.2) is 16.3 Å². The molecule has 0 unspecified atom stereocenters. The predicted octanol–water partition coefficient (Wildman–Crippen LogP) is -0.305. The predicted molar refractivity (Wildman–Crippen MR) is 45.5 cm³/mol. The Hall–Kier alpha value is -1.37. The molecule has 1 aliphatic rings. The first-order valence-electron chi connectivity index (χ1n) is 2.99. The van der Waals surface area contributed by atoms with Gasteiger partial charge in [-0.3, -0.25) is 14.8 Å². The third kappa shape index (κ3) is 0.981. The summed E-state index contributed by atoms with van der Waals surface area (Å²) in [6, 6.07) is 0. The molecule has 1 aromatic heterocycles. The van der Waals surface area contributed by atoms with Gasteiger partial charge in [0.05, 0.1) is 0 Å². The van der Waals surface area contributed by atoms with Crippen molar-refractivity contribution in [2.45, 2.75) is 0 Å². The summed E-state index contributed by atoms with van der Waals surface area (Å²) in [4.78, 5) is 29.9. The van der Waals surface area contributed by atoms with E-state index in [1.54, 1.807) is 0 Å². The summed E-state index contributed by atoms with van der Waals surface area (Å²) >= 11 is 2.99. The van der Waals surface area contributed by atoms with E-state index in [0.717, 1.165) is 0 Å². The van der Waals surface area contributed by atoms with Crippen LogP contribution in [0.1, 0.15) is 0 Å². The number of fused-ring (bicyclic) bond motifs is 1. The standard InChI is InChI=1S/C5H2BrN4O2/c6-4-7-1-2(8-4)9-5(12)10-3(1)11/h(H2,9,10,11,12). The number of nitrogens with one attached hydrogen (secondary N) is 2. The Morgan fingerprint density at radius 1 is 1.25 bits per heavy atom. The first-order chi connectivity index (χ1) is 5.66. The van der Waals surface area contributed by atoms with Gasteiger partial charge in [-0.2, -0.15) is 0 Å². The van der Waals surface area contributed by atoms with Gasteiger partial charge in [-0.1, -0.05) is 0 Å². The molecule has 0 saturated heterocycles. The molecule has 0 amide bonds. The summed E-state index contributed by atoms with van der Waals surface area (Å²) < 4.78 is 0.282. The van der Waals surface area contributed by atoms with Crippen LogP contribution in [0.25, 0.3) is 0 Å². The fourth-order valence-electron chi connectivity index (χ4n) is 0.862. The van der Waals surface area contributed by atoms with E-state index >= 15 is 0 Å². The van der Waals surface area contributed by atoms with Gasteiger partial charge in [-0.05, 0) is 15.9 Å². The van der Waals surface area contributed by atoms with E-state index in [9.17, 15) is 9.59 Å². The molecule has 2 N–H and O–H groups in total. The number of aromatic nitrogens is 2. The summed E-state index contributed by atoms with van der Waals surface area (Å²) in [6.45, 7) is 0. The summed E-state index contributed by atoms with van der Waals surface area (Å²) in [6.07, 6.45) is 0. The molecule has 6 nitrogen and oxygen atoms in total. The first kappa shape index (κ1) is 7.29. The molecule has 0 aromatic carbocycles. The molecule has 0 saturated carbocycles. The zero-order chi connectivity index (χ0) is 8.72. The van der Waals surface area contributed by atoms with Crippen LogP contribution in [-0.2, 0) is 0 Å². The molecule has 2 rings (SSSR count). The number of hydrogen-bond donors (Lipinski definition) is 2. The lowest BCUT2D eigenvalue weighted by atomic mass is 10.5. The van der Waals surface area contributed by atoms with Gasteiger partial charge in [0.1, 0.15) is 0 Å². The van der Waals surface area contributed by atoms with Crippen molar-refractivity contribution < 1.29 is 0 Å². The van der Waals surface area contributed by atoms with E-state index in [0.29, 0.717) is 0 Å². The number of aliphatic imine (C=N–C) groups is 1. The Kier molecular flexibility index (Phi) is 1.40. The first-order valence-corrected chi connectivity index (χ1v) is 3.78. The second-order valence-corrected chi connectivity index (χ2v) is 2.81. The Bertz CT molecular complexity index is 471. The van der Waals surface area contributed by atoms with Crippen molar-refractivity contribution in [2.75, 3.05) is 0 Å². The largest absolute Gasteiger partial charge is 0.327 e. The van der Waals surface area contributed by atoms with Crippen LogP contribution in [0.15, 0.2) is 14.6 Å². The molecule has 2 heterocycles. The summed E-state index contributed by atoms with van der Waals surface area (Å²) in [7, 11) is 0. The Morgan fingerprint density at radius 3 is 2.75 bits per heavy atom. The monoisotopic (exact) mass is 229 g/mol. The Morgan fingerprint density at radius 2 is 2.00 bits per heavy atom. The average Bonchev–Trinajstić information content (AvgIpc) is 2.29. The van der Waals surface area contributed by atoms with Crippen molar-refractivity contribution in [1.82, 2.24) is 15.3 Å². The van der Waals surface area contributed by atoms with E-state index in [4.69, 9.17) is 0 Å². The number of amidine groups is 1. The molecule has 0 atom stereocenters. The minimum absolute atomic E-state index is 0.126. The van der Waals surface area contributed by atoms with E-state index in [1.807, 2.05) is 4.98 Å². The highest BCUT2D eigenvalue weighted by atomic mass is 79.9. The van der Waals surface area contributed by atoms with Crippen LogP contribution in [0.3, 0.4) is 0 Å². The van der Waals surface area contributed by atoms with Crippen molar-refractivity contribution in [1.29, 1.82) is 0 Å². The summed E-state index contributed by atoms with van der Waals surface area (Å²) in [5.74, 6) is 0.190. The minimum Gasteiger partial charge on any atom is -0.290 e. The number of rotatable bonds is 0. The van der Waals surface area contributed by atoms with Gasteiger partial charge in [0.25, 0.3) is 5.56 Å². The number of halogens is 1. The van der Waals surface area contributed by atoms with Crippen LogP contribution >= 0.6 is 15.9 Å². The fourth-order valence-corrected chi connectivity index (χ4v) is 1.22. The molecular weight excluding hydrogens is 228 g/mol. The van der Waals surface area contributed by atoms with Gasteiger partial charge in [-0.25, -0.2) is 15.1 Å². The lowest BCUT2D eigenvalue weighted by molar-refractivity contribution is 1.02. The van der Waals surface area contributed by atoms with Crippen LogP contribution in [0.4, 0.5) is 11.5 Å². The maximum absolute atomic E-state index is 11.0. The van der Waals surface area contributed by atoms with Crippen molar-refractivity contribution in [3.05, 3.63) is 20.8 Å². The molecule has 1 aromatic rings. The highest BCUT2D eigenvalue weighted by Crippen LogP contribution is 2.23. The molecule has 0 spiro atoms. The van der Waals surface area contributed by atoms with E-state index in [1.165, 1.54) is 0 Å². The van der Waals surface area contributed by atoms with Crippen LogP contribution in [0, 0.1) is 0 Å². The quantitative estimate of drug-likeness (QED) is 0.598. The molecule has 7 heteroatoms. The van der Waals surface area contributed by atoms with Crippen molar-refractivity contribution in [3.63, 3.8) is 0 Å². The second-order valence-electron chi connectivity index (χ2n) is 2.10. The van der Waals surface area contributed by atoms with Gasteiger partial charge < -0.3 is 0 Å². The Labute approximate surface area is 73.9 Å². The number of hydrogen-bond acceptors (Lipinski definition) is 3. The zero-order valence-corrected chi connectivity index (χ0v) is 7.17. The number of aromatic amines is 2. The van der Waals surface area contributed by atoms with Gasteiger partial charge in [0.2, 0.25) is 0 Å². The van der Waals surface area contributed by atoms with Crippen LogP contribution < -0.4 is 16.6 Å². The molecule has 0 aliphatic carbocycles. The van der Waals surface area contributed by atoms with E-state index < -0.39 is 11.2 Å². The minimum atomic E-state index is -0.583. The van der Waals surface area contributed by atoms with Gasteiger partial charge in [-0.15, -0.1) is 0 Å². The smallest absolute Gasteiger partial charge is 0.290 e. The van der Waals surface area contributed by atoms with Crippen LogP contribution in [0.2, 0.25) is 0 Å². The highest BCUT2D eigenvalue weighted by Gasteiger charge is 2.17. The lowest BCUT2D eigenvalue weighted by Crippen LogP contribution is -2.21.